The van der Waals surface area contributed by atoms with Crippen molar-refractivity contribution < 1.29 is 4.74 Å². The third kappa shape index (κ3) is 8.37. The van der Waals surface area contributed by atoms with Crippen LogP contribution in [-0.2, 0) is 17.7 Å². The second-order valence-electron chi connectivity index (χ2n) is 6.03. The summed E-state index contributed by atoms with van der Waals surface area (Å²) >= 11 is 5.90. The lowest BCUT2D eigenvalue weighted by Crippen LogP contribution is -2.37. The summed E-state index contributed by atoms with van der Waals surface area (Å²) in [5.41, 5.74) is 2.49. The van der Waals surface area contributed by atoms with E-state index in [0.29, 0.717) is 0 Å². The third-order valence-electron chi connectivity index (χ3n) is 3.98. The van der Waals surface area contributed by atoms with Gasteiger partial charge in [0.05, 0.1) is 6.61 Å². The largest absolute Gasteiger partial charge is 0.381 e. The monoisotopic (exact) mass is 373 g/mol. The first kappa shape index (κ1) is 20.3. The third-order valence-corrected chi connectivity index (χ3v) is 4.23. The van der Waals surface area contributed by atoms with Crippen molar-refractivity contribution in [3.05, 3.63) is 70.7 Å². The molecule has 0 spiro atoms. The molecule has 0 fully saturated rings. The van der Waals surface area contributed by atoms with Crippen molar-refractivity contribution in [3.8, 4) is 0 Å². The lowest BCUT2D eigenvalue weighted by Gasteiger charge is -2.12. The highest BCUT2D eigenvalue weighted by molar-refractivity contribution is 6.30. The predicted molar refractivity (Wildman–Crippen MR) is 110 cm³/mol. The molecule has 0 amide bonds. The molecule has 26 heavy (non-hydrogen) atoms. The Hall–Kier alpha value is -2.04. The molecular formula is C21H28ClN3O. The Morgan fingerprint density at radius 1 is 0.923 bits per heavy atom. The standard InChI is InChI=1S/C21H28ClN3O/c1-23-21(25-17-19-9-11-20(22)12-10-19)24-14-5-6-15-26-16-13-18-7-3-2-4-8-18/h2-4,7-12H,5-6,13-17H2,1H3,(H2,23,24,25). The fourth-order valence-corrected chi connectivity index (χ4v) is 2.61. The van der Waals surface area contributed by atoms with E-state index in [9.17, 15) is 0 Å². The fraction of sp³-hybridized carbons (Fsp3) is 0.381. The van der Waals surface area contributed by atoms with Crippen LogP contribution < -0.4 is 10.6 Å². The van der Waals surface area contributed by atoms with Crippen molar-refractivity contribution in [3.63, 3.8) is 0 Å². The van der Waals surface area contributed by atoms with Crippen molar-refractivity contribution in [2.75, 3.05) is 26.8 Å². The average Bonchev–Trinajstić information content (AvgIpc) is 2.68. The number of nitrogens with zero attached hydrogens (tertiary/aromatic N) is 1. The molecule has 140 valence electrons. The maximum absolute atomic E-state index is 5.90. The van der Waals surface area contributed by atoms with E-state index in [1.165, 1.54) is 11.1 Å². The van der Waals surface area contributed by atoms with Crippen LogP contribution in [0.15, 0.2) is 59.6 Å². The lowest BCUT2D eigenvalue weighted by molar-refractivity contribution is 0.133. The molecule has 0 saturated carbocycles. The first-order valence-corrected chi connectivity index (χ1v) is 9.46. The number of guanidine groups is 1. The number of aliphatic imine (C=N–C) groups is 1. The Bertz CT molecular complexity index is 644. The van der Waals surface area contributed by atoms with E-state index >= 15 is 0 Å². The van der Waals surface area contributed by atoms with Crippen molar-refractivity contribution in [1.29, 1.82) is 0 Å². The minimum atomic E-state index is 0.722. The van der Waals surface area contributed by atoms with Gasteiger partial charge in [0.25, 0.3) is 0 Å². The van der Waals surface area contributed by atoms with Gasteiger partial charge in [-0.1, -0.05) is 54.1 Å². The van der Waals surface area contributed by atoms with Crippen LogP contribution in [0.4, 0.5) is 0 Å². The molecule has 0 radical (unpaired) electrons. The highest BCUT2D eigenvalue weighted by Crippen LogP contribution is 2.09. The van der Waals surface area contributed by atoms with Crippen LogP contribution in [0.25, 0.3) is 0 Å². The van der Waals surface area contributed by atoms with Gasteiger partial charge < -0.3 is 15.4 Å². The first-order valence-electron chi connectivity index (χ1n) is 9.08. The van der Waals surface area contributed by atoms with Gasteiger partial charge in [-0.25, -0.2) is 0 Å². The molecular weight excluding hydrogens is 346 g/mol. The Balaban J connectivity index is 1.49. The topological polar surface area (TPSA) is 45.7 Å². The van der Waals surface area contributed by atoms with E-state index in [1.54, 1.807) is 7.05 Å². The van der Waals surface area contributed by atoms with Gasteiger partial charge in [0, 0.05) is 31.8 Å². The number of rotatable bonds is 10. The number of benzene rings is 2. The fourth-order valence-electron chi connectivity index (χ4n) is 2.48. The summed E-state index contributed by atoms with van der Waals surface area (Å²) in [6.45, 7) is 3.18. The molecule has 5 heteroatoms. The second kappa shape index (κ2) is 12.3. The van der Waals surface area contributed by atoms with Crippen LogP contribution in [0.2, 0.25) is 5.02 Å². The molecule has 0 aromatic heterocycles. The number of hydrogen-bond donors (Lipinski definition) is 2. The van der Waals surface area contributed by atoms with Crippen LogP contribution in [0, 0.1) is 0 Å². The average molecular weight is 374 g/mol. The van der Waals surface area contributed by atoms with Gasteiger partial charge in [0.1, 0.15) is 0 Å². The molecule has 0 atom stereocenters. The molecule has 0 bridgehead atoms. The number of hydrogen-bond acceptors (Lipinski definition) is 2. The van der Waals surface area contributed by atoms with E-state index < -0.39 is 0 Å². The van der Waals surface area contributed by atoms with Gasteiger partial charge >= 0.3 is 0 Å². The zero-order chi connectivity index (χ0) is 18.5. The van der Waals surface area contributed by atoms with Gasteiger partial charge in [-0.15, -0.1) is 0 Å². The van der Waals surface area contributed by atoms with Crippen LogP contribution in [0.1, 0.15) is 24.0 Å². The van der Waals surface area contributed by atoms with Crippen molar-refractivity contribution in [1.82, 2.24) is 10.6 Å². The van der Waals surface area contributed by atoms with Gasteiger partial charge in [-0.3, -0.25) is 4.99 Å². The maximum Gasteiger partial charge on any atom is 0.191 e. The molecule has 0 saturated heterocycles. The van der Waals surface area contributed by atoms with E-state index in [4.69, 9.17) is 16.3 Å². The number of ether oxygens (including phenoxy) is 1. The molecule has 2 aromatic carbocycles. The summed E-state index contributed by atoms with van der Waals surface area (Å²) in [5, 5.41) is 7.38. The number of unbranched alkanes of at least 4 members (excludes halogenated alkanes) is 1. The Morgan fingerprint density at radius 3 is 2.42 bits per heavy atom. The van der Waals surface area contributed by atoms with Crippen LogP contribution in [0.5, 0.6) is 0 Å². The van der Waals surface area contributed by atoms with Crippen molar-refractivity contribution in [2.24, 2.45) is 4.99 Å². The second-order valence-corrected chi connectivity index (χ2v) is 6.47. The SMILES string of the molecule is CN=C(NCCCCOCCc1ccccc1)NCc1ccc(Cl)cc1. The summed E-state index contributed by atoms with van der Waals surface area (Å²) in [6, 6.07) is 18.2. The highest BCUT2D eigenvalue weighted by Gasteiger charge is 1.99. The quantitative estimate of drug-likeness (QED) is 0.375. The smallest absolute Gasteiger partial charge is 0.191 e. The number of halogens is 1. The van der Waals surface area contributed by atoms with E-state index in [0.717, 1.165) is 56.5 Å². The lowest BCUT2D eigenvalue weighted by atomic mass is 10.2. The van der Waals surface area contributed by atoms with E-state index in [-0.39, 0.29) is 0 Å². The zero-order valence-corrected chi connectivity index (χ0v) is 16.1. The Kier molecular flexibility index (Phi) is 9.62. The molecule has 0 aliphatic heterocycles. The Morgan fingerprint density at radius 2 is 1.69 bits per heavy atom. The predicted octanol–water partition coefficient (Wildman–Crippen LogP) is 4.04. The molecule has 0 aliphatic carbocycles. The highest BCUT2D eigenvalue weighted by atomic mass is 35.5. The number of nitrogens with one attached hydrogen (secondary N) is 2. The normalized spacial score (nSPS) is 11.4. The summed E-state index contributed by atoms with van der Waals surface area (Å²) in [7, 11) is 1.78. The van der Waals surface area contributed by atoms with Gasteiger partial charge in [-0.05, 0) is 42.5 Å². The van der Waals surface area contributed by atoms with Crippen LogP contribution in [-0.4, -0.2) is 32.8 Å². The summed E-state index contributed by atoms with van der Waals surface area (Å²) < 4.78 is 5.70. The minimum Gasteiger partial charge on any atom is -0.381 e. The Labute approximate surface area is 161 Å². The maximum atomic E-state index is 5.90. The zero-order valence-electron chi connectivity index (χ0n) is 15.4. The molecule has 2 N–H and O–H groups in total. The molecule has 0 unspecified atom stereocenters. The molecule has 2 rings (SSSR count). The first-order chi connectivity index (χ1) is 12.8. The van der Waals surface area contributed by atoms with Crippen molar-refractivity contribution in [2.45, 2.75) is 25.8 Å². The van der Waals surface area contributed by atoms with Crippen molar-refractivity contribution >= 4 is 17.6 Å². The molecule has 0 aliphatic rings. The molecule has 0 heterocycles. The van der Waals surface area contributed by atoms with Gasteiger partial charge in [0.15, 0.2) is 5.96 Å². The molecule has 2 aromatic rings. The summed E-state index contributed by atoms with van der Waals surface area (Å²) in [6.07, 6.45) is 3.06. The van der Waals surface area contributed by atoms with E-state index in [1.807, 2.05) is 30.3 Å². The van der Waals surface area contributed by atoms with Gasteiger partial charge in [-0.2, -0.15) is 0 Å². The molecule has 4 nitrogen and oxygen atoms in total. The summed E-state index contributed by atoms with van der Waals surface area (Å²) in [4.78, 5) is 4.24. The van der Waals surface area contributed by atoms with E-state index in [2.05, 4.69) is 39.9 Å². The van der Waals surface area contributed by atoms with Gasteiger partial charge in [0.2, 0.25) is 0 Å². The minimum absolute atomic E-state index is 0.722. The van der Waals surface area contributed by atoms with Crippen LogP contribution in [0.3, 0.4) is 0 Å². The summed E-state index contributed by atoms with van der Waals surface area (Å²) in [5.74, 6) is 0.810. The van der Waals surface area contributed by atoms with Crippen LogP contribution >= 0.6 is 11.6 Å².